The number of carbonyl (C=O) groups is 1. The van der Waals surface area contributed by atoms with Crippen LogP contribution in [0.2, 0.25) is 5.02 Å². The van der Waals surface area contributed by atoms with Gasteiger partial charge in [0.2, 0.25) is 0 Å². The summed E-state index contributed by atoms with van der Waals surface area (Å²) in [5, 5.41) is 6.13. The number of aromatic nitrogens is 1. The van der Waals surface area contributed by atoms with E-state index in [1.165, 1.54) is 6.07 Å². The Bertz CT molecular complexity index is 1360. The molecule has 0 aliphatic heterocycles. The quantitative estimate of drug-likeness (QED) is 0.285. The van der Waals surface area contributed by atoms with E-state index in [0.29, 0.717) is 22.1 Å². The van der Waals surface area contributed by atoms with Crippen LogP contribution >= 0.6 is 11.6 Å². The van der Waals surface area contributed by atoms with Gasteiger partial charge in [-0.1, -0.05) is 66.2 Å². The van der Waals surface area contributed by atoms with Crippen molar-refractivity contribution in [2.24, 2.45) is 0 Å². The molecule has 1 aromatic heterocycles. The Hall–Kier alpha value is -3.84. The minimum atomic E-state index is -4.56. The Morgan fingerprint density at radius 1 is 0.861 bits per heavy atom. The lowest BCUT2D eigenvalue weighted by Crippen LogP contribution is -2.50. The lowest BCUT2D eigenvalue weighted by Gasteiger charge is -2.36. The Balaban J connectivity index is 1.88. The molecular formula is C28H23ClF3N3O. The summed E-state index contributed by atoms with van der Waals surface area (Å²) in [6.07, 6.45) is -4.40. The Labute approximate surface area is 212 Å². The van der Waals surface area contributed by atoms with E-state index < -0.39 is 23.3 Å². The fraction of sp³-hybridized carbons (Fsp3) is 0.143. The van der Waals surface area contributed by atoms with E-state index in [1.807, 2.05) is 30.3 Å². The molecule has 0 bridgehead atoms. The minimum absolute atomic E-state index is 0.161. The number of nitrogens with one attached hydrogen (secondary N) is 2. The van der Waals surface area contributed by atoms with Crippen LogP contribution in [0.3, 0.4) is 0 Å². The van der Waals surface area contributed by atoms with E-state index in [2.05, 4.69) is 15.6 Å². The molecule has 2 amide bonds. The van der Waals surface area contributed by atoms with Crippen LogP contribution in [0.25, 0.3) is 0 Å². The second kappa shape index (κ2) is 10.4. The van der Waals surface area contributed by atoms with Crippen LogP contribution in [0.5, 0.6) is 0 Å². The molecule has 0 spiro atoms. The van der Waals surface area contributed by atoms with Gasteiger partial charge in [0.1, 0.15) is 5.54 Å². The normalized spacial score (nSPS) is 13.0. The highest BCUT2D eigenvalue weighted by molar-refractivity contribution is 6.30. The average Bonchev–Trinajstić information content (AvgIpc) is 2.84. The number of benzene rings is 3. The highest BCUT2D eigenvalue weighted by atomic mass is 35.5. The maximum atomic E-state index is 13.7. The molecule has 3 aromatic carbocycles. The minimum Gasteiger partial charge on any atom is -0.322 e. The molecule has 36 heavy (non-hydrogen) atoms. The van der Waals surface area contributed by atoms with Gasteiger partial charge in [-0.3, -0.25) is 4.98 Å². The van der Waals surface area contributed by atoms with Gasteiger partial charge >= 0.3 is 12.2 Å². The fourth-order valence-corrected chi connectivity index (χ4v) is 4.28. The number of urea groups is 1. The number of amides is 2. The lowest BCUT2D eigenvalue weighted by atomic mass is 9.80. The van der Waals surface area contributed by atoms with Gasteiger partial charge in [0, 0.05) is 22.8 Å². The molecule has 0 radical (unpaired) electrons. The van der Waals surface area contributed by atoms with E-state index in [1.54, 1.807) is 55.5 Å². The van der Waals surface area contributed by atoms with Crippen LogP contribution in [0, 0.1) is 6.92 Å². The number of carbonyl (C=O) groups excluding carboxylic acids is 1. The Morgan fingerprint density at radius 2 is 1.56 bits per heavy atom. The first-order valence-corrected chi connectivity index (χ1v) is 11.5. The molecule has 2 N–H and O–H groups in total. The molecule has 8 heteroatoms. The van der Waals surface area contributed by atoms with Gasteiger partial charge in [-0.25, -0.2) is 4.79 Å². The van der Waals surface area contributed by atoms with Gasteiger partial charge in [0.15, 0.2) is 0 Å². The van der Waals surface area contributed by atoms with Gasteiger partial charge in [-0.15, -0.1) is 0 Å². The number of hydrogen-bond acceptors (Lipinski definition) is 2. The summed E-state index contributed by atoms with van der Waals surface area (Å²) in [4.78, 5) is 18.0. The SMILES string of the molecule is Cc1cccc(C(Cc2ccccc2)(NC(=O)Nc2cccc(Cl)c2)c2cccc(C(F)(F)F)c2)n1. The highest BCUT2D eigenvalue weighted by Gasteiger charge is 2.40. The smallest absolute Gasteiger partial charge is 0.322 e. The number of alkyl halides is 3. The van der Waals surface area contributed by atoms with E-state index >= 15 is 0 Å². The van der Waals surface area contributed by atoms with Crippen molar-refractivity contribution in [1.29, 1.82) is 0 Å². The van der Waals surface area contributed by atoms with Gasteiger partial charge < -0.3 is 10.6 Å². The number of rotatable bonds is 6. The van der Waals surface area contributed by atoms with Gasteiger partial charge in [0.25, 0.3) is 0 Å². The fourth-order valence-electron chi connectivity index (χ4n) is 4.09. The Kier molecular flexibility index (Phi) is 7.31. The first-order valence-electron chi connectivity index (χ1n) is 11.2. The van der Waals surface area contributed by atoms with E-state index in [9.17, 15) is 18.0 Å². The lowest BCUT2D eigenvalue weighted by molar-refractivity contribution is -0.137. The summed E-state index contributed by atoms with van der Waals surface area (Å²) >= 11 is 6.05. The van der Waals surface area contributed by atoms with Crippen LogP contribution < -0.4 is 10.6 Å². The van der Waals surface area contributed by atoms with Crippen LogP contribution in [-0.4, -0.2) is 11.0 Å². The van der Waals surface area contributed by atoms with Crippen molar-refractivity contribution in [3.05, 3.63) is 130 Å². The highest BCUT2D eigenvalue weighted by Crippen LogP contribution is 2.37. The zero-order chi connectivity index (χ0) is 25.8. The number of hydrogen-bond donors (Lipinski definition) is 2. The van der Waals surface area contributed by atoms with Gasteiger partial charge in [0.05, 0.1) is 11.3 Å². The second-order valence-corrected chi connectivity index (χ2v) is 8.84. The molecule has 184 valence electrons. The standard InChI is InChI=1S/C28H23ClF3N3O/c1-19-8-5-15-25(33-19)27(18-20-9-3-2-4-10-20,21-11-6-12-22(16-21)28(30,31)32)35-26(36)34-24-14-7-13-23(29)17-24/h2-17H,18H2,1H3,(H2,34,35,36). The predicted molar refractivity (Wildman–Crippen MR) is 135 cm³/mol. The number of anilines is 1. The first-order chi connectivity index (χ1) is 17.2. The van der Waals surface area contributed by atoms with E-state index in [-0.39, 0.29) is 12.0 Å². The van der Waals surface area contributed by atoms with Gasteiger partial charge in [-0.05, 0) is 60.5 Å². The summed E-state index contributed by atoms with van der Waals surface area (Å²) in [6.45, 7) is 1.79. The second-order valence-electron chi connectivity index (χ2n) is 8.40. The van der Waals surface area contributed by atoms with Crippen molar-refractivity contribution in [3.63, 3.8) is 0 Å². The van der Waals surface area contributed by atoms with Crippen molar-refractivity contribution < 1.29 is 18.0 Å². The maximum Gasteiger partial charge on any atom is 0.416 e. The third-order valence-electron chi connectivity index (χ3n) is 5.73. The van der Waals surface area contributed by atoms with Gasteiger partial charge in [-0.2, -0.15) is 13.2 Å². The topological polar surface area (TPSA) is 54.0 Å². The number of pyridine rings is 1. The van der Waals surface area contributed by atoms with Crippen molar-refractivity contribution in [3.8, 4) is 0 Å². The number of halogens is 4. The molecule has 1 heterocycles. The largest absolute Gasteiger partial charge is 0.416 e. The zero-order valence-electron chi connectivity index (χ0n) is 19.3. The molecule has 0 aliphatic carbocycles. The van der Waals surface area contributed by atoms with Crippen molar-refractivity contribution in [2.45, 2.75) is 25.1 Å². The molecule has 1 atom stereocenters. The van der Waals surface area contributed by atoms with Crippen molar-refractivity contribution in [2.75, 3.05) is 5.32 Å². The summed E-state index contributed by atoms with van der Waals surface area (Å²) in [5.41, 5.74) is 0.330. The summed E-state index contributed by atoms with van der Waals surface area (Å²) in [7, 11) is 0. The molecule has 1 unspecified atom stereocenters. The molecule has 4 nitrogen and oxygen atoms in total. The molecule has 0 aliphatic rings. The molecular weight excluding hydrogens is 487 g/mol. The summed E-state index contributed by atoms with van der Waals surface area (Å²) < 4.78 is 41.1. The third kappa shape index (κ3) is 5.86. The zero-order valence-corrected chi connectivity index (χ0v) is 20.1. The molecule has 4 aromatic rings. The van der Waals surface area contributed by atoms with E-state index in [4.69, 9.17) is 11.6 Å². The number of nitrogens with zero attached hydrogens (tertiary/aromatic N) is 1. The molecule has 0 saturated carbocycles. The maximum absolute atomic E-state index is 13.7. The van der Waals surface area contributed by atoms with E-state index in [0.717, 1.165) is 17.7 Å². The van der Waals surface area contributed by atoms with Crippen LogP contribution in [0.4, 0.5) is 23.7 Å². The summed E-state index contributed by atoms with van der Waals surface area (Å²) in [5.74, 6) is 0. The monoisotopic (exact) mass is 509 g/mol. The molecule has 0 fully saturated rings. The van der Waals surface area contributed by atoms with Crippen LogP contribution in [0.1, 0.15) is 28.1 Å². The Morgan fingerprint density at radius 3 is 2.25 bits per heavy atom. The predicted octanol–water partition coefficient (Wildman–Crippen LogP) is 7.37. The van der Waals surface area contributed by atoms with Crippen LogP contribution in [-0.2, 0) is 18.1 Å². The average molecular weight is 510 g/mol. The number of aryl methyl sites for hydroxylation is 1. The molecule has 0 saturated heterocycles. The molecule has 4 rings (SSSR count). The third-order valence-corrected chi connectivity index (χ3v) is 5.96. The van der Waals surface area contributed by atoms with Crippen molar-refractivity contribution in [1.82, 2.24) is 10.3 Å². The first kappa shape index (κ1) is 25.3. The van der Waals surface area contributed by atoms with Crippen LogP contribution in [0.15, 0.2) is 97.1 Å². The summed E-state index contributed by atoms with van der Waals surface area (Å²) in [6, 6.07) is 25.4. The van der Waals surface area contributed by atoms with Crippen molar-refractivity contribution >= 4 is 23.3 Å².